The van der Waals surface area contributed by atoms with Crippen LogP contribution in [-0.2, 0) is 17.6 Å². The number of rotatable bonds is 4. The zero-order valence-electron chi connectivity index (χ0n) is 14.4. The summed E-state index contributed by atoms with van der Waals surface area (Å²) in [6.45, 7) is -0.198. The average molecular weight is 380 g/mol. The molecule has 1 aliphatic rings. The van der Waals surface area contributed by atoms with Crippen molar-refractivity contribution in [2.24, 2.45) is 0 Å². The first-order valence-electron chi connectivity index (χ1n) is 8.65. The van der Waals surface area contributed by atoms with Crippen molar-refractivity contribution >= 4 is 33.2 Å². The second-order valence-electron chi connectivity index (χ2n) is 6.32. The maximum atomic E-state index is 12.3. The van der Waals surface area contributed by atoms with Crippen molar-refractivity contribution in [3.63, 3.8) is 0 Å². The van der Waals surface area contributed by atoms with Crippen LogP contribution in [-0.4, -0.2) is 12.5 Å². The molecule has 0 aliphatic heterocycles. The Morgan fingerprint density at radius 2 is 2.07 bits per heavy atom. The summed E-state index contributed by atoms with van der Waals surface area (Å²) in [7, 11) is 0. The number of amides is 1. The molecule has 1 aliphatic carbocycles. The van der Waals surface area contributed by atoms with E-state index < -0.39 is 5.63 Å². The topological polar surface area (TPSA) is 92.3 Å². The van der Waals surface area contributed by atoms with Crippen LogP contribution in [0.3, 0.4) is 0 Å². The number of hydrogen-bond acceptors (Lipinski definition) is 6. The maximum absolute atomic E-state index is 12.3. The number of fused-ring (bicyclic) bond motifs is 2. The number of nitrogens with zero attached hydrogens (tertiary/aromatic N) is 1. The highest BCUT2D eigenvalue weighted by Gasteiger charge is 2.21. The minimum absolute atomic E-state index is 0.198. The average Bonchev–Trinajstić information content (AvgIpc) is 3.02. The molecule has 136 valence electrons. The van der Waals surface area contributed by atoms with Crippen molar-refractivity contribution < 1.29 is 13.9 Å². The lowest BCUT2D eigenvalue weighted by molar-refractivity contribution is -0.118. The second kappa shape index (κ2) is 7.25. The molecule has 0 saturated heterocycles. The summed E-state index contributed by atoms with van der Waals surface area (Å²) >= 11 is 1.48. The first-order chi connectivity index (χ1) is 13.1. The van der Waals surface area contributed by atoms with E-state index in [0.29, 0.717) is 21.9 Å². The minimum atomic E-state index is -0.442. The van der Waals surface area contributed by atoms with E-state index in [2.05, 4.69) is 11.4 Å². The van der Waals surface area contributed by atoms with Crippen molar-refractivity contribution in [2.45, 2.75) is 25.7 Å². The van der Waals surface area contributed by atoms with E-state index >= 15 is 0 Å². The van der Waals surface area contributed by atoms with Crippen molar-refractivity contribution in [1.29, 1.82) is 5.26 Å². The van der Waals surface area contributed by atoms with Crippen LogP contribution in [0.25, 0.3) is 11.0 Å². The number of aryl methyl sites for hydroxylation is 1. The van der Waals surface area contributed by atoms with Gasteiger partial charge in [-0.2, -0.15) is 5.26 Å². The third kappa shape index (κ3) is 3.57. The van der Waals surface area contributed by atoms with Gasteiger partial charge in [-0.3, -0.25) is 4.79 Å². The van der Waals surface area contributed by atoms with Gasteiger partial charge in [0.2, 0.25) is 0 Å². The molecule has 2 aromatic heterocycles. The Labute approximate surface area is 159 Å². The number of nitrogens with one attached hydrogen (secondary N) is 1. The fourth-order valence-corrected chi connectivity index (χ4v) is 4.47. The predicted molar refractivity (Wildman–Crippen MR) is 102 cm³/mol. The number of nitriles is 1. The number of thiophene rings is 1. The Bertz CT molecular complexity index is 1120. The number of benzene rings is 1. The van der Waals surface area contributed by atoms with Crippen LogP contribution in [0.4, 0.5) is 5.00 Å². The van der Waals surface area contributed by atoms with Gasteiger partial charge >= 0.3 is 5.63 Å². The van der Waals surface area contributed by atoms with Crippen LogP contribution >= 0.6 is 11.3 Å². The van der Waals surface area contributed by atoms with Gasteiger partial charge in [0.1, 0.15) is 22.4 Å². The smallest absolute Gasteiger partial charge is 0.336 e. The normalized spacial score (nSPS) is 13.0. The number of ether oxygens (including phenoxy) is 1. The summed E-state index contributed by atoms with van der Waals surface area (Å²) in [5.41, 5.74) is 1.62. The molecule has 0 spiro atoms. The summed E-state index contributed by atoms with van der Waals surface area (Å²) in [6, 6.07) is 10.3. The molecule has 7 heteroatoms. The number of hydrogen-bond donors (Lipinski definition) is 1. The van der Waals surface area contributed by atoms with Crippen molar-refractivity contribution in [1.82, 2.24) is 0 Å². The molecule has 0 saturated carbocycles. The summed E-state index contributed by atoms with van der Waals surface area (Å²) < 4.78 is 10.6. The Balaban J connectivity index is 1.45. The molecule has 0 atom stereocenters. The number of carbonyl (C=O) groups excluding carboxylic acids is 1. The van der Waals surface area contributed by atoms with Gasteiger partial charge in [-0.15, -0.1) is 11.3 Å². The maximum Gasteiger partial charge on any atom is 0.336 e. The molecule has 0 unspecified atom stereocenters. The lowest BCUT2D eigenvalue weighted by Gasteiger charge is -2.09. The summed E-state index contributed by atoms with van der Waals surface area (Å²) in [4.78, 5) is 24.8. The highest BCUT2D eigenvalue weighted by Crippen LogP contribution is 2.37. The lowest BCUT2D eigenvalue weighted by atomic mass is 9.96. The molecule has 3 aromatic rings. The minimum Gasteiger partial charge on any atom is -0.484 e. The number of anilines is 1. The standard InChI is InChI=1S/C20H16N2O4S/c21-10-15-14-3-1-2-4-17(14)27-20(15)22-18(23)11-25-13-7-5-12-6-8-19(24)26-16(12)9-13/h5-9H,1-4,11H2,(H,22,23). The zero-order chi connectivity index (χ0) is 18.8. The fraction of sp³-hybridized carbons (Fsp3) is 0.250. The Kier molecular flexibility index (Phi) is 4.65. The molecule has 0 fully saturated rings. The van der Waals surface area contributed by atoms with Crippen LogP contribution in [0.15, 0.2) is 39.5 Å². The van der Waals surface area contributed by atoms with Gasteiger partial charge in [0.05, 0.1) is 5.56 Å². The first-order valence-corrected chi connectivity index (χ1v) is 9.47. The van der Waals surface area contributed by atoms with E-state index in [4.69, 9.17) is 9.15 Å². The summed E-state index contributed by atoms with van der Waals surface area (Å²) in [5.74, 6) is 0.0951. The molecular weight excluding hydrogens is 364 g/mol. The van der Waals surface area contributed by atoms with Crippen LogP contribution in [0.5, 0.6) is 5.75 Å². The van der Waals surface area contributed by atoms with Crippen LogP contribution in [0.1, 0.15) is 28.8 Å². The van der Waals surface area contributed by atoms with Crippen LogP contribution < -0.4 is 15.7 Å². The molecule has 1 amide bonds. The van der Waals surface area contributed by atoms with Gasteiger partial charge < -0.3 is 14.5 Å². The van der Waals surface area contributed by atoms with Gasteiger partial charge in [0, 0.05) is 22.4 Å². The first kappa shape index (κ1) is 17.3. The van der Waals surface area contributed by atoms with E-state index in [1.54, 1.807) is 24.3 Å². The molecule has 0 bridgehead atoms. The summed E-state index contributed by atoms with van der Waals surface area (Å²) in [6.07, 6.45) is 4.05. The zero-order valence-corrected chi connectivity index (χ0v) is 15.2. The van der Waals surface area contributed by atoms with E-state index in [-0.39, 0.29) is 12.5 Å². The molecule has 4 rings (SSSR count). The SMILES string of the molecule is N#Cc1c(NC(=O)COc2ccc3ccc(=O)oc3c2)sc2c1CCCC2. The van der Waals surface area contributed by atoms with E-state index in [1.807, 2.05) is 0 Å². The third-order valence-electron chi connectivity index (χ3n) is 4.50. The highest BCUT2D eigenvalue weighted by atomic mass is 32.1. The van der Waals surface area contributed by atoms with Crippen molar-refractivity contribution in [3.05, 3.63) is 56.8 Å². The molecule has 1 aromatic carbocycles. The van der Waals surface area contributed by atoms with E-state index in [1.165, 1.54) is 22.3 Å². The van der Waals surface area contributed by atoms with E-state index in [9.17, 15) is 14.9 Å². The third-order valence-corrected chi connectivity index (χ3v) is 5.71. The van der Waals surface area contributed by atoms with Gasteiger partial charge in [-0.1, -0.05) is 0 Å². The Hall–Kier alpha value is -3.11. The molecule has 6 nitrogen and oxygen atoms in total. The second-order valence-corrected chi connectivity index (χ2v) is 7.42. The van der Waals surface area contributed by atoms with Gasteiger partial charge in [0.15, 0.2) is 6.61 Å². The largest absolute Gasteiger partial charge is 0.484 e. The summed E-state index contributed by atoms with van der Waals surface area (Å²) in [5, 5.41) is 13.6. The van der Waals surface area contributed by atoms with E-state index in [0.717, 1.165) is 36.6 Å². The number of carbonyl (C=O) groups is 1. The molecule has 0 radical (unpaired) electrons. The molecule has 27 heavy (non-hydrogen) atoms. The highest BCUT2D eigenvalue weighted by molar-refractivity contribution is 7.16. The Morgan fingerprint density at radius 3 is 2.93 bits per heavy atom. The van der Waals surface area contributed by atoms with Gasteiger partial charge in [0.25, 0.3) is 5.91 Å². The fourth-order valence-electron chi connectivity index (χ4n) is 3.21. The molecule has 2 heterocycles. The monoisotopic (exact) mass is 380 g/mol. The predicted octanol–water partition coefficient (Wildman–Crippen LogP) is 3.62. The van der Waals surface area contributed by atoms with Crippen molar-refractivity contribution in [3.8, 4) is 11.8 Å². The van der Waals surface area contributed by atoms with Crippen molar-refractivity contribution in [2.75, 3.05) is 11.9 Å². The molecule has 1 N–H and O–H groups in total. The van der Waals surface area contributed by atoms with Crippen LogP contribution in [0.2, 0.25) is 0 Å². The van der Waals surface area contributed by atoms with Crippen LogP contribution in [0, 0.1) is 11.3 Å². The van der Waals surface area contributed by atoms with Gasteiger partial charge in [-0.25, -0.2) is 4.79 Å². The lowest BCUT2D eigenvalue weighted by Crippen LogP contribution is -2.20. The quantitative estimate of drug-likeness (QED) is 0.698. The molecular formula is C20H16N2O4S. The Morgan fingerprint density at radius 1 is 1.26 bits per heavy atom. The van der Waals surface area contributed by atoms with Gasteiger partial charge in [-0.05, 0) is 49.4 Å².